The third-order valence-corrected chi connectivity index (χ3v) is 4.38. The van der Waals surface area contributed by atoms with Crippen LogP contribution < -0.4 is 19.6 Å². The summed E-state index contributed by atoms with van der Waals surface area (Å²) in [5.41, 5.74) is -0.176. The van der Waals surface area contributed by atoms with Crippen molar-refractivity contribution in [2.24, 2.45) is 0 Å². The summed E-state index contributed by atoms with van der Waals surface area (Å²) < 4.78 is 27.4. The molecule has 0 aliphatic heterocycles. The Morgan fingerprint density at radius 2 is 0.921 bits per heavy atom. The third kappa shape index (κ3) is 9.75. The quantitative estimate of drug-likeness (QED) is 0.126. The van der Waals surface area contributed by atoms with Crippen molar-refractivity contribution in [3.05, 3.63) is 48.0 Å². The van der Waals surface area contributed by atoms with E-state index < -0.39 is 74.9 Å². The smallest absolute Gasteiger partial charge is 0.323 e. The summed E-state index contributed by atoms with van der Waals surface area (Å²) in [4.78, 5) is 65.9. The molecule has 14 nitrogen and oxygen atoms in total. The predicted octanol–water partition coefficient (Wildman–Crippen LogP) is 1.24. The van der Waals surface area contributed by atoms with Crippen LogP contribution in [0, 0.1) is 11.6 Å². The minimum absolute atomic E-state index is 0.0882. The summed E-state index contributed by atoms with van der Waals surface area (Å²) in [6.45, 7) is -3.73. The van der Waals surface area contributed by atoms with Gasteiger partial charge in [-0.1, -0.05) is 0 Å². The lowest BCUT2D eigenvalue weighted by molar-refractivity contribution is -0.261. The number of nitrogens with zero attached hydrogens (tertiary/aromatic N) is 2. The van der Waals surface area contributed by atoms with Gasteiger partial charge in [-0.05, 0) is 24.3 Å². The van der Waals surface area contributed by atoms with Crippen LogP contribution in [-0.4, -0.2) is 83.7 Å². The van der Waals surface area contributed by atoms with Gasteiger partial charge >= 0.3 is 23.9 Å². The number of hydrogen-bond acceptors (Lipinski definition) is 10. The molecule has 206 valence electrons. The van der Waals surface area contributed by atoms with Gasteiger partial charge in [0, 0.05) is 12.1 Å². The topological polar surface area (TPSA) is 193 Å². The monoisotopic (exact) mass is 544 g/mol. The van der Waals surface area contributed by atoms with Gasteiger partial charge in [0.2, 0.25) is 0 Å². The number of aliphatic carboxylic acids is 4. The molecule has 4 N–H and O–H groups in total. The number of halogens is 2. The molecule has 0 radical (unpaired) electrons. The average molecular weight is 544 g/mol. The van der Waals surface area contributed by atoms with E-state index in [4.69, 9.17) is 40.0 Å². The molecule has 0 aliphatic rings. The number of benzene rings is 2. The molecule has 2 aromatic carbocycles. The van der Waals surface area contributed by atoms with Gasteiger partial charge in [0.25, 0.3) is 0 Å². The highest BCUT2D eigenvalue weighted by Crippen LogP contribution is 2.30. The maximum Gasteiger partial charge on any atom is 0.323 e. The molecule has 2 rings (SSSR count). The number of carboxylic acids is 4. The van der Waals surface area contributed by atoms with Crippen LogP contribution in [0.3, 0.4) is 0 Å². The predicted molar refractivity (Wildman–Crippen MR) is 121 cm³/mol. The molecular formula is C22H22F2N2O12. The second kappa shape index (κ2) is 14.1. The van der Waals surface area contributed by atoms with E-state index in [1.165, 1.54) is 0 Å². The fourth-order valence-corrected chi connectivity index (χ4v) is 3.02. The second-order valence-corrected chi connectivity index (χ2v) is 7.32. The van der Waals surface area contributed by atoms with Crippen LogP contribution in [0.15, 0.2) is 36.4 Å². The summed E-state index contributed by atoms with van der Waals surface area (Å²) in [5.74, 6) is -7.65. The number of carbonyl (C=O) groups is 4. The fourth-order valence-electron chi connectivity index (χ4n) is 3.02. The lowest BCUT2D eigenvalue weighted by Crippen LogP contribution is -2.34. The van der Waals surface area contributed by atoms with Gasteiger partial charge in [0.1, 0.15) is 51.0 Å². The van der Waals surface area contributed by atoms with E-state index in [1.54, 1.807) is 0 Å². The van der Waals surface area contributed by atoms with Crippen molar-refractivity contribution >= 4 is 35.3 Å². The molecule has 0 amide bonds. The molecule has 0 bridgehead atoms. The first-order valence-corrected chi connectivity index (χ1v) is 10.5. The molecule has 0 fully saturated rings. The lowest BCUT2D eigenvalue weighted by atomic mass is 10.2. The first-order valence-electron chi connectivity index (χ1n) is 10.5. The van der Waals surface area contributed by atoms with Crippen LogP contribution in [0.5, 0.6) is 11.5 Å². The van der Waals surface area contributed by atoms with Gasteiger partial charge in [0.15, 0.2) is 11.5 Å². The molecule has 0 saturated heterocycles. The second-order valence-electron chi connectivity index (χ2n) is 7.32. The van der Waals surface area contributed by atoms with Crippen LogP contribution >= 0.6 is 0 Å². The van der Waals surface area contributed by atoms with Crippen molar-refractivity contribution < 1.29 is 67.9 Å². The third-order valence-electron chi connectivity index (χ3n) is 4.38. The Balaban J connectivity index is 2.02. The van der Waals surface area contributed by atoms with E-state index in [0.717, 1.165) is 46.2 Å². The van der Waals surface area contributed by atoms with Crippen molar-refractivity contribution in [2.45, 2.75) is 0 Å². The van der Waals surface area contributed by atoms with Crippen LogP contribution in [0.4, 0.5) is 20.2 Å². The molecule has 0 aromatic heterocycles. The summed E-state index contributed by atoms with van der Waals surface area (Å²) in [6, 6.07) is 5.80. The molecule has 38 heavy (non-hydrogen) atoms. The zero-order valence-electron chi connectivity index (χ0n) is 19.4. The van der Waals surface area contributed by atoms with Crippen LogP contribution in [0.2, 0.25) is 0 Å². The highest BCUT2D eigenvalue weighted by atomic mass is 19.1. The normalized spacial score (nSPS) is 10.5. The van der Waals surface area contributed by atoms with Crippen molar-refractivity contribution in [1.82, 2.24) is 0 Å². The van der Waals surface area contributed by atoms with E-state index >= 15 is 0 Å². The molecule has 0 aliphatic carbocycles. The lowest BCUT2D eigenvalue weighted by Gasteiger charge is -2.23. The minimum atomic E-state index is -1.35. The van der Waals surface area contributed by atoms with Crippen molar-refractivity contribution in [3.63, 3.8) is 0 Å². The molecule has 0 atom stereocenters. The maximum atomic E-state index is 13.7. The highest BCUT2D eigenvalue weighted by Gasteiger charge is 2.21. The Bertz CT molecular complexity index is 1040. The van der Waals surface area contributed by atoms with Crippen LogP contribution in [0.1, 0.15) is 0 Å². The standard InChI is InChI=1S/C22H22F2N2O12/c23-13-1-3-15(25(9-19(27)28)10-20(29)30)17(7-13)37-35-5-6-36-38-18-8-14(24)2-4-16(18)26(11-21(31)32)12-22(33)34/h1-4,7-8H,5-6,9-12H2,(H,27,28)(H,29,30)(H,31,32)(H,33,34). The molecule has 0 unspecified atom stereocenters. The van der Waals surface area contributed by atoms with E-state index in [0.29, 0.717) is 0 Å². The minimum Gasteiger partial charge on any atom is -0.480 e. The first-order chi connectivity index (χ1) is 18.0. The van der Waals surface area contributed by atoms with Crippen molar-refractivity contribution in [2.75, 3.05) is 49.2 Å². The maximum absolute atomic E-state index is 13.7. The average Bonchev–Trinajstić information content (AvgIpc) is 2.79. The largest absolute Gasteiger partial charge is 0.480 e. The van der Waals surface area contributed by atoms with E-state index in [-0.39, 0.29) is 22.9 Å². The van der Waals surface area contributed by atoms with E-state index in [1.807, 2.05) is 0 Å². The highest BCUT2D eigenvalue weighted by molar-refractivity contribution is 5.81. The SMILES string of the molecule is O=C(O)CN(CC(=O)O)c1ccc(F)cc1OOCCOOc1cc(F)ccc1N(CC(=O)O)CC(=O)O. The number of hydrogen-bond donors (Lipinski definition) is 4. The Morgan fingerprint density at radius 1 is 0.605 bits per heavy atom. The summed E-state index contributed by atoms with van der Waals surface area (Å²) >= 11 is 0. The van der Waals surface area contributed by atoms with Gasteiger partial charge in [-0.3, -0.25) is 19.2 Å². The number of carboxylic acid groups (broad SMARTS) is 4. The molecule has 0 heterocycles. The van der Waals surface area contributed by atoms with Crippen LogP contribution in [0.25, 0.3) is 0 Å². The first kappa shape index (κ1) is 29.5. The van der Waals surface area contributed by atoms with Crippen molar-refractivity contribution in [1.29, 1.82) is 0 Å². The van der Waals surface area contributed by atoms with Gasteiger partial charge < -0.3 is 40.0 Å². The van der Waals surface area contributed by atoms with Gasteiger partial charge in [-0.2, -0.15) is 9.78 Å². The fraction of sp³-hybridized carbons (Fsp3) is 0.273. The van der Waals surface area contributed by atoms with E-state index in [9.17, 15) is 28.0 Å². The molecule has 0 spiro atoms. The number of anilines is 2. The molecule has 16 heteroatoms. The summed E-state index contributed by atoms with van der Waals surface area (Å²) in [6.07, 6.45) is 0. The summed E-state index contributed by atoms with van der Waals surface area (Å²) in [5, 5.41) is 36.1. The Kier molecular flexibility index (Phi) is 11.0. The Hall–Kier alpha value is -4.70. The van der Waals surface area contributed by atoms with Gasteiger partial charge in [0.05, 0.1) is 11.4 Å². The summed E-state index contributed by atoms with van der Waals surface area (Å²) in [7, 11) is 0. The Labute approximate surface area is 212 Å². The van der Waals surface area contributed by atoms with Gasteiger partial charge in [-0.15, -0.1) is 0 Å². The van der Waals surface area contributed by atoms with Crippen LogP contribution in [-0.2, 0) is 29.0 Å². The van der Waals surface area contributed by atoms with Gasteiger partial charge in [-0.25, -0.2) is 8.78 Å². The Morgan fingerprint density at radius 3 is 1.21 bits per heavy atom. The van der Waals surface area contributed by atoms with E-state index in [2.05, 4.69) is 0 Å². The molecule has 0 saturated carbocycles. The zero-order valence-corrected chi connectivity index (χ0v) is 19.4. The van der Waals surface area contributed by atoms with Crippen molar-refractivity contribution in [3.8, 4) is 11.5 Å². The molecule has 2 aromatic rings. The zero-order chi connectivity index (χ0) is 28.2. The molecular weight excluding hydrogens is 522 g/mol. The number of rotatable bonds is 17.